The van der Waals surface area contributed by atoms with Crippen LogP contribution in [0.15, 0.2) is 47.3 Å². The van der Waals surface area contributed by atoms with Crippen molar-refractivity contribution in [3.05, 3.63) is 64.0 Å². The van der Waals surface area contributed by atoms with E-state index in [0.717, 1.165) is 12.1 Å². The maximum absolute atomic E-state index is 4.59. The second-order valence-electron chi connectivity index (χ2n) is 4.92. The number of aromatic nitrogens is 1. The Kier molecular flexibility index (Phi) is 3.81. The van der Waals surface area contributed by atoms with Gasteiger partial charge in [0.2, 0.25) is 0 Å². The molecule has 0 aliphatic heterocycles. The quantitative estimate of drug-likeness (QED) is 0.771. The maximum atomic E-state index is 4.59. The van der Waals surface area contributed by atoms with Crippen LogP contribution in [0.5, 0.6) is 0 Å². The van der Waals surface area contributed by atoms with Crippen molar-refractivity contribution in [2.45, 2.75) is 19.9 Å². The van der Waals surface area contributed by atoms with Crippen LogP contribution in [0.3, 0.4) is 0 Å². The van der Waals surface area contributed by atoms with E-state index in [-0.39, 0.29) is 6.04 Å². The van der Waals surface area contributed by atoms with Gasteiger partial charge in [-0.3, -0.25) is 4.98 Å². The van der Waals surface area contributed by atoms with Crippen molar-refractivity contribution in [2.24, 2.45) is 0 Å². The molecule has 1 atom stereocenters. The molecule has 0 saturated heterocycles. The Morgan fingerprint density at radius 2 is 2.00 bits per heavy atom. The van der Waals surface area contributed by atoms with E-state index in [9.17, 15) is 0 Å². The van der Waals surface area contributed by atoms with Gasteiger partial charge in [0.05, 0.1) is 11.6 Å². The van der Waals surface area contributed by atoms with Crippen LogP contribution in [-0.2, 0) is 0 Å². The average Bonchev–Trinajstić information content (AvgIpc) is 2.90. The topological polar surface area (TPSA) is 24.9 Å². The minimum atomic E-state index is 0.213. The summed E-state index contributed by atoms with van der Waals surface area (Å²) in [5, 5.41) is 9.24. The average molecular weight is 282 g/mol. The second kappa shape index (κ2) is 5.73. The zero-order valence-corrected chi connectivity index (χ0v) is 12.6. The van der Waals surface area contributed by atoms with Crippen molar-refractivity contribution < 1.29 is 0 Å². The number of thiophene rings is 1. The molecule has 2 heterocycles. The van der Waals surface area contributed by atoms with Crippen LogP contribution < -0.4 is 5.32 Å². The highest BCUT2D eigenvalue weighted by Crippen LogP contribution is 2.31. The Balaban J connectivity index is 2.17. The fourth-order valence-corrected chi connectivity index (χ4v) is 3.50. The first-order valence-corrected chi connectivity index (χ1v) is 7.85. The molecule has 0 bridgehead atoms. The minimum Gasteiger partial charge on any atom is -0.306 e. The highest BCUT2D eigenvalue weighted by atomic mass is 32.1. The van der Waals surface area contributed by atoms with Gasteiger partial charge in [-0.15, -0.1) is 0 Å². The SMILES string of the molecule is CCNC(c1cscc1C)c1cccc2cccnc12. The molecule has 0 spiro atoms. The number of para-hydroxylation sites is 1. The first kappa shape index (κ1) is 13.3. The van der Waals surface area contributed by atoms with Crippen molar-refractivity contribution >= 4 is 22.2 Å². The third kappa shape index (κ3) is 2.35. The Morgan fingerprint density at radius 1 is 1.15 bits per heavy atom. The molecule has 20 heavy (non-hydrogen) atoms. The Hall–Kier alpha value is -1.71. The highest BCUT2D eigenvalue weighted by Gasteiger charge is 2.18. The lowest BCUT2D eigenvalue weighted by molar-refractivity contribution is 0.632. The number of fused-ring (bicyclic) bond motifs is 1. The molecule has 3 aromatic rings. The summed E-state index contributed by atoms with van der Waals surface area (Å²) >= 11 is 1.76. The minimum absolute atomic E-state index is 0.213. The van der Waals surface area contributed by atoms with Crippen molar-refractivity contribution in [3.8, 4) is 0 Å². The standard InChI is InChI=1S/C17H18N2S/c1-3-18-17(15-11-20-10-12(15)2)14-8-4-6-13-7-5-9-19-16(13)14/h4-11,17-18H,3H2,1-2H3. The van der Waals surface area contributed by atoms with Crippen LogP contribution in [0.2, 0.25) is 0 Å². The molecule has 1 aromatic carbocycles. The predicted molar refractivity (Wildman–Crippen MR) is 86.3 cm³/mol. The van der Waals surface area contributed by atoms with Gasteiger partial charge < -0.3 is 5.32 Å². The summed E-state index contributed by atoms with van der Waals surface area (Å²) in [6.07, 6.45) is 1.87. The van der Waals surface area contributed by atoms with Crippen LogP contribution >= 0.6 is 11.3 Å². The van der Waals surface area contributed by atoms with E-state index in [4.69, 9.17) is 0 Å². The van der Waals surface area contributed by atoms with Gasteiger partial charge in [0, 0.05) is 11.6 Å². The normalized spacial score (nSPS) is 12.7. The predicted octanol–water partition coefficient (Wildman–Crippen LogP) is 4.30. The van der Waals surface area contributed by atoms with E-state index < -0.39 is 0 Å². The van der Waals surface area contributed by atoms with Gasteiger partial charge in [-0.2, -0.15) is 11.3 Å². The lowest BCUT2D eigenvalue weighted by Crippen LogP contribution is -2.22. The van der Waals surface area contributed by atoms with E-state index in [1.165, 1.54) is 22.1 Å². The van der Waals surface area contributed by atoms with Gasteiger partial charge in [-0.1, -0.05) is 31.2 Å². The molecule has 3 rings (SSSR count). The molecule has 2 aromatic heterocycles. The number of nitrogens with zero attached hydrogens (tertiary/aromatic N) is 1. The van der Waals surface area contributed by atoms with Crippen molar-refractivity contribution in [1.82, 2.24) is 10.3 Å². The molecule has 0 aliphatic carbocycles. The smallest absolute Gasteiger partial charge is 0.0753 e. The summed E-state index contributed by atoms with van der Waals surface area (Å²) in [6.45, 7) is 5.26. The third-order valence-electron chi connectivity index (χ3n) is 3.59. The molecule has 3 heteroatoms. The number of hydrogen-bond acceptors (Lipinski definition) is 3. The Labute approximate surface area is 123 Å². The summed E-state index contributed by atoms with van der Waals surface area (Å²) in [7, 11) is 0. The third-order valence-corrected chi connectivity index (χ3v) is 4.47. The van der Waals surface area contributed by atoms with Crippen molar-refractivity contribution in [1.29, 1.82) is 0 Å². The van der Waals surface area contributed by atoms with Gasteiger partial charge in [0.25, 0.3) is 0 Å². The molecule has 0 saturated carbocycles. The van der Waals surface area contributed by atoms with Crippen LogP contribution in [0.25, 0.3) is 10.9 Å². The molecule has 102 valence electrons. The number of pyridine rings is 1. The summed E-state index contributed by atoms with van der Waals surface area (Å²) < 4.78 is 0. The monoisotopic (exact) mass is 282 g/mol. The van der Waals surface area contributed by atoms with Crippen LogP contribution in [0.4, 0.5) is 0 Å². The molecule has 0 aliphatic rings. The highest BCUT2D eigenvalue weighted by molar-refractivity contribution is 7.08. The van der Waals surface area contributed by atoms with E-state index in [0.29, 0.717) is 0 Å². The van der Waals surface area contributed by atoms with Crippen LogP contribution in [0, 0.1) is 6.92 Å². The van der Waals surface area contributed by atoms with E-state index >= 15 is 0 Å². The van der Waals surface area contributed by atoms with E-state index in [2.05, 4.69) is 59.2 Å². The van der Waals surface area contributed by atoms with Gasteiger partial charge in [-0.05, 0) is 47.0 Å². The maximum Gasteiger partial charge on any atom is 0.0753 e. The zero-order valence-electron chi connectivity index (χ0n) is 11.8. The fourth-order valence-electron chi connectivity index (χ4n) is 2.62. The van der Waals surface area contributed by atoms with Crippen molar-refractivity contribution in [2.75, 3.05) is 6.54 Å². The van der Waals surface area contributed by atoms with E-state index in [1.807, 2.05) is 12.3 Å². The largest absolute Gasteiger partial charge is 0.306 e. The number of nitrogens with one attached hydrogen (secondary N) is 1. The summed E-state index contributed by atoms with van der Waals surface area (Å²) in [4.78, 5) is 4.59. The first-order valence-electron chi connectivity index (χ1n) is 6.91. The van der Waals surface area contributed by atoms with Crippen LogP contribution in [-0.4, -0.2) is 11.5 Å². The molecule has 0 amide bonds. The van der Waals surface area contributed by atoms with E-state index in [1.54, 1.807) is 11.3 Å². The fraction of sp³-hybridized carbons (Fsp3) is 0.235. The van der Waals surface area contributed by atoms with Gasteiger partial charge in [-0.25, -0.2) is 0 Å². The number of aryl methyl sites for hydroxylation is 1. The molecule has 1 N–H and O–H groups in total. The number of benzene rings is 1. The lowest BCUT2D eigenvalue weighted by atomic mass is 9.96. The second-order valence-corrected chi connectivity index (χ2v) is 5.67. The molecular weight excluding hydrogens is 264 g/mol. The van der Waals surface area contributed by atoms with Gasteiger partial charge in [0.15, 0.2) is 0 Å². The first-order chi connectivity index (χ1) is 9.81. The summed E-state index contributed by atoms with van der Waals surface area (Å²) in [5.74, 6) is 0. The Bertz CT molecular complexity index is 712. The molecule has 0 fully saturated rings. The lowest BCUT2D eigenvalue weighted by Gasteiger charge is -2.20. The number of hydrogen-bond donors (Lipinski definition) is 1. The molecule has 0 radical (unpaired) electrons. The van der Waals surface area contributed by atoms with Gasteiger partial charge in [0.1, 0.15) is 0 Å². The van der Waals surface area contributed by atoms with Gasteiger partial charge >= 0.3 is 0 Å². The van der Waals surface area contributed by atoms with Crippen LogP contribution in [0.1, 0.15) is 29.7 Å². The molecular formula is C17H18N2S. The summed E-state index contributed by atoms with van der Waals surface area (Å²) in [6, 6.07) is 10.7. The van der Waals surface area contributed by atoms with Crippen molar-refractivity contribution in [3.63, 3.8) is 0 Å². The number of rotatable bonds is 4. The molecule has 2 nitrogen and oxygen atoms in total. The molecule has 1 unspecified atom stereocenters. The zero-order chi connectivity index (χ0) is 13.9. The summed E-state index contributed by atoms with van der Waals surface area (Å²) in [5.41, 5.74) is 5.04. The Morgan fingerprint density at radius 3 is 2.75 bits per heavy atom.